The van der Waals surface area contributed by atoms with Gasteiger partial charge in [0.25, 0.3) is 0 Å². The van der Waals surface area contributed by atoms with Crippen molar-refractivity contribution in [2.45, 2.75) is 30.8 Å². The van der Waals surface area contributed by atoms with Crippen LogP contribution in [0.15, 0.2) is 86.8 Å². The van der Waals surface area contributed by atoms with E-state index in [1.54, 1.807) is 24.3 Å². The van der Waals surface area contributed by atoms with E-state index in [1.807, 2.05) is 37.3 Å². The lowest BCUT2D eigenvalue weighted by Crippen LogP contribution is -2.35. The fourth-order valence-corrected chi connectivity index (χ4v) is 4.65. The Morgan fingerprint density at radius 3 is 2.40 bits per heavy atom. The number of furan rings is 1. The Labute approximate surface area is 185 Å². The van der Waals surface area contributed by atoms with E-state index >= 15 is 0 Å². The minimum Gasteiger partial charge on any atom is -0.468 e. The number of rotatable bonds is 9. The number of amides is 1. The van der Waals surface area contributed by atoms with Crippen molar-refractivity contribution in [1.82, 2.24) is 9.62 Å². The van der Waals surface area contributed by atoms with Crippen molar-refractivity contribution < 1.29 is 17.6 Å². The van der Waals surface area contributed by atoms with Crippen molar-refractivity contribution in [3.8, 4) is 0 Å². The van der Waals surface area contributed by atoms with E-state index in [4.69, 9.17) is 4.42 Å². The highest BCUT2D eigenvalue weighted by Crippen LogP contribution is 2.21. The largest absolute Gasteiger partial charge is 0.468 e. The van der Waals surface area contributed by atoms with Crippen LogP contribution in [0, 0.1) is 0 Å². The minimum atomic E-state index is -3.80. The molecule has 1 atom stereocenters. The molecule has 0 saturated carbocycles. The fraction of sp³-hybridized carbons (Fsp3) is 0.227. The maximum Gasteiger partial charge on any atom is 0.243 e. The Balaban J connectivity index is 1.71. The summed E-state index contributed by atoms with van der Waals surface area (Å²) in [4.78, 5) is 12.6. The first-order valence-corrected chi connectivity index (χ1v) is 11.7. The third-order valence-electron chi connectivity index (χ3n) is 4.63. The first-order chi connectivity index (χ1) is 14.4. The van der Waals surface area contributed by atoms with Crippen LogP contribution in [0.4, 0.5) is 0 Å². The molecule has 1 amide bonds. The Hall–Kier alpha value is -2.42. The van der Waals surface area contributed by atoms with Gasteiger partial charge < -0.3 is 9.73 Å². The van der Waals surface area contributed by atoms with Gasteiger partial charge in [-0.2, -0.15) is 4.31 Å². The van der Waals surface area contributed by atoms with Gasteiger partial charge in [0, 0.05) is 17.4 Å². The van der Waals surface area contributed by atoms with Gasteiger partial charge in [0.05, 0.1) is 23.7 Å². The van der Waals surface area contributed by atoms with Crippen LogP contribution in [0.3, 0.4) is 0 Å². The zero-order chi connectivity index (χ0) is 21.6. The first kappa shape index (κ1) is 22.3. The van der Waals surface area contributed by atoms with Gasteiger partial charge in [0.2, 0.25) is 15.9 Å². The second-order valence-electron chi connectivity index (χ2n) is 6.82. The van der Waals surface area contributed by atoms with Crippen LogP contribution >= 0.6 is 15.9 Å². The van der Waals surface area contributed by atoms with Crippen molar-refractivity contribution in [1.29, 1.82) is 0 Å². The summed E-state index contributed by atoms with van der Waals surface area (Å²) in [6, 6.07) is 19.3. The molecule has 2 aromatic carbocycles. The van der Waals surface area contributed by atoms with E-state index in [1.165, 1.54) is 22.7 Å². The maximum absolute atomic E-state index is 13.2. The smallest absolute Gasteiger partial charge is 0.243 e. The molecular formula is C22H23BrN2O4S. The van der Waals surface area contributed by atoms with Crippen LogP contribution in [0.2, 0.25) is 0 Å². The van der Waals surface area contributed by atoms with Gasteiger partial charge in [0.1, 0.15) is 5.76 Å². The highest BCUT2D eigenvalue weighted by molar-refractivity contribution is 9.10. The molecule has 0 aliphatic rings. The average molecular weight is 491 g/mol. The van der Waals surface area contributed by atoms with Crippen LogP contribution in [0.1, 0.15) is 30.7 Å². The Bertz CT molecular complexity index is 1050. The van der Waals surface area contributed by atoms with Gasteiger partial charge in [-0.05, 0) is 48.9 Å². The minimum absolute atomic E-state index is 0.0342. The van der Waals surface area contributed by atoms with E-state index < -0.39 is 10.0 Å². The summed E-state index contributed by atoms with van der Waals surface area (Å²) in [5.41, 5.74) is 0.987. The van der Waals surface area contributed by atoms with Crippen molar-refractivity contribution in [2.75, 3.05) is 6.54 Å². The van der Waals surface area contributed by atoms with Crippen LogP contribution in [-0.2, 0) is 21.4 Å². The normalized spacial score (nSPS) is 12.6. The van der Waals surface area contributed by atoms with Crippen LogP contribution < -0.4 is 5.32 Å². The topological polar surface area (TPSA) is 79.6 Å². The molecule has 1 unspecified atom stereocenters. The lowest BCUT2D eigenvalue weighted by molar-refractivity contribution is -0.121. The molecule has 3 aromatic rings. The van der Waals surface area contributed by atoms with Crippen LogP contribution in [0.25, 0.3) is 0 Å². The molecule has 0 spiro atoms. The lowest BCUT2D eigenvalue weighted by Gasteiger charge is -2.22. The number of nitrogens with one attached hydrogen (secondary N) is 1. The second kappa shape index (κ2) is 10.1. The predicted octanol–water partition coefficient (Wildman–Crippen LogP) is 4.50. The highest BCUT2D eigenvalue weighted by atomic mass is 79.9. The quantitative estimate of drug-likeness (QED) is 0.478. The Morgan fingerprint density at radius 2 is 1.77 bits per heavy atom. The Kier molecular flexibility index (Phi) is 7.47. The van der Waals surface area contributed by atoms with Crippen LogP contribution in [-0.4, -0.2) is 25.2 Å². The lowest BCUT2D eigenvalue weighted by atomic mass is 10.1. The van der Waals surface area contributed by atoms with Gasteiger partial charge in [-0.1, -0.05) is 46.3 Å². The molecule has 1 heterocycles. The molecular weight excluding hydrogens is 468 g/mol. The van der Waals surface area contributed by atoms with E-state index in [0.29, 0.717) is 5.76 Å². The number of nitrogens with zero attached hydrogens (tertiary/aromatic N) is 1. The molecule has 0 radical (unpaired) electrons. The number of halogens is 1. The third kappa shape index (κ3) is 5.81. The summed E-state index contributed by atoms with van der Waals surface area (Å²) in [7, 11) is -3.80. The zero-order valence-corrected chi connectivity index (χ0v) is 18.9. The van der Waals surface area contributed by atoms with E-state index in [2.05, 4.69) is 21.2 Å². The molecule has 0 bridgehead atoms. The molecule has 0 aliphatic heterocycles. The summed E-state index contributed by atoms with van der Waals surface area (Å²) in [6.07, 6.45) is 1.53. The summed E-state index contributed by atoms with van der Waals surface area (Å²) in [5.74, 6) is 0.288. The molecule has 0 fully saturated rings. The highest BCUT2D eigenvalue weighted by Gasteiger charge is 2.26. The molecule has 1 aromatic heterocycles. The molecule has 8 heteroatoms. The monoisotopic (exact) mass is 490 g/mol. The van der Waals surface area contributed by atoms with Gasteiger partial charge >= 0.3 is 0 Å². The van der Waals surface area contributed by atoms with Gasteiger partial charge in [-0.3, -0.25) is 4.79 Å². The molecule has 1 N–H and O–H groups in total. The van der Waals surface area contributed by atoms with Gasteiger partial charge in [-0.15, -0.1) is 0 Å². The van der Waals surface area contributed by atoms with Crippen molar-refractivity contribution in [3.63, 3.8) is 0 Å². The van der Waals surface area contributed by atoms with E-state index in [9.17, 15) is 13.2 Å². The number of hydrogen-bond acceptors (Lipinski definition) is 4. The average Bonchev–Trinajstić information content (AvgIpc) is 3.25. The van der Waals surface area contributed by atoms with Crippen molar-refractivity contribution in [2.24, 2.45) is 0 Å². The number of carbonyl (C=O) groups is 1. The second-order valence-corrected chi connectivity index (χ2v) is 9.68. The standard InChI is InChI=1S/C22H23BrN2O4S/c1-17(18-6-3-2-4-7-18)24-22(26)13-14-25(16-20-8-5-15-29-20)30(27,28)21-11-9-19(23)10-12-21/h2-12,15,17H,13-14,16H2,1H3,(H,24,26). The summed E-state index contributed by atoms with van der Waals surface area (Å²) in [5, 5.41) is 2.92. The number of sulfonamides is 1. The summed E-state index contributed by atoms with van der Waals surface area (Å²) >= 11 is 3.31. The number of carbonyl (C=O) groups excluding carboxylic acids is 1. The molecule has 30 heavy (non-hydrogen) atoms. The SMILES string of the molecule is CC(NC(=O)CCN(Cc1ccco1)S(=O)(=O)c1ccc(Br)cc1)c1ccccc1. The maximum atomic E-state index is 13.2. The van der Waals surface area contributed by atoms with E-state index in [-0.39, 0.29) is 36.4 Å². The van der Waals surface area contributed by atoms with Crippen molar-refractivity contribution in [3.05, 3.63) is 88.8 Å². The molecule has 0 saturated heterocycles. The van der Waals surface area contributed by atoms with Crippen LogP contribution in [0.5, 0.6) is 0 Å². The first-order valence-electron chi connectivity index (χ1n) is 9.48. The molecule has 158 valence electrons. The zero-order valence-electron chi connectivity index (χ0n) is 16.5. The summed E-state index contributed by atoms with van der Waals surface area (Å²) < 4.78 is 33.7. The third-order valence-corrected chi connectivity index (χ3v) is 7.02. The predicted molar refractivity (Wildman–Crippen MR) is 118 cm³/mol. The molecule has 0 aliphatic carbocycles. The molecule has 6 nitrogen and oxygen atoms in total. The summed E-state index contributed by atoms with van der Waals surface area (Å²) in [6.45, 7) is 1.98. The number of hydrogen-bond donors (Lipinski definition) is 1. The molecule has 3 rings (SSSR count). The Morgan fingerprint density at radius 1 is 1.07 bits per heavy atom. The van der Waals surface area contributed by atoms with Crippen molar-refractivity contribution >= 4 is 31.9 Å². The number of benzene rings is 2. The van der Waals surface area contributed by atoms with Gasteiger partial charge in [-0.25, -0.2) is 8.42 Å². The fourth-order valence-electron chi connectivity index (χ4n) is 2.98. The van der Waals surface area contributed by atoms with Gasteiger partial charge in [0.15, 0.2) is 0 Å². The van der Waals surface area contributed by atoms with E-state index in [0.717, 1.165) is 10.0 Å².